The highest BCUT2D eigenvalue weighted by Crippen LogP contribution is 2.20. The van der Waals surface area contributed by atoms with Crippen LogP contribution in [0.1, 0.15) is 10.4 Å². The lowest BCUT2D eigenvalue weighted by Crippen LogP contribution is -2.50. The van der Waals surface area contributed by atoms with Gasteiger partial charge in [0.2, 0.25) is 5.91 Å². The zero-order valence-electron chi connectivity index (χ0n) is 20.9. The SMILES string of the molecule is C=CCn1c(=NC(=O)CS(=O)(=O)CC(=O)N2CCN(c3ccccc3)CC2)sc2cc(C(=O)OC)ccc21. The van der Waals surface area contributed by atoms with Gasteiger partial charge in [-0.25, -0.2) is 13.2 Å². The number of sulfone groups is 1. The number of carbonyl (C=O) groups excluding carboxylic acids is 3. The van der Waals surface area contributed by atoms with Crippen LogP contribution in [0.3, 0.4) is 0 Å². The summed E-state index contributed by atoms with van der Waals surface area (Å²) < 4.78 is 32.5. The van der Waals surface area contributed by atoms with Crippen LogP contribution in [0.15, 0.2) is 66.2 Å². The predicted octanol–water partition coefficient (Wildman–Crippen LogP) is 1.87. The van der Waals surface area contributed by atoms with Gasteiger partial charge in [-0.15, -0.1) is 6.58 Å². The van der Waals surface area contributed by atoms with Crippen LogP contribution in [0.25, 0.3) is 10.2 Å². The Morgan fingerprint density at radius 3 is 2.42 bits per heavy atom. The van der Waals surface area contributed by atoms with Crippen molar-refractivity contribution in [2.75, 3.05) is 49.7 Å². The van der Waals surface area contributed by atoms with Crippen molar-refractivity contribution in [2.45, 2.75) is 6.54 Å². The first kappa shape index (κ1) is 27.3. The minimum atomic E-state index is -4.03. The molecule has 1 aromatic heterocycles. The summed E-state index contributed by atoms with van der Waals surface area (Å²) in [7, 11) is -2.74. The lowest BCUT2D eigenvalue weighted by atomic mass is 10.2. The molecule has 0 spiro atoms. The van der Waals surface area contributed by atoms with Crippen LogP contribution in [0.5, 0.6) is 0 Å². The fraction of sp³-hybridized carbons (Fsp3) is 0.308. The Balaban J connectivity index is 1.44. The number of allylic oxidation sites excluding steroid dienone is 1. The first-order chi connectivity index (χ1) is 18.2. The van der Waals surface area contributed by atoms with Crippen molar-refractivity contribution in [3.05, 3.63) is 71.6 Å². The molecule has 10 nitrogen and oxygen atoms in total. The molecule has 2 heterocycles. The molecule has 2 amide bonds. The van der Waals surface area contributed by atoms with E-state index in [2.05, 4.69) is 16.5 Å². The van der Waals surface area contributed by atoms with Crippen molar-refractivity contribution in [3.63, 3.8) is 0 Å². The van der Waals surface area contributed by atoms with Gasteiger partial charge in [-0.1, -0.05) is 35.6 Å². The molecule has 3 aromatic rings. The number of amides is 2. The number of para-hydroxylation sites is 1. The van der Waals surface area contributed by atoms with Crippen LogP contribution >= 0.6 is 11.3 Å². The van der Waals surface area contributed by atoms with Crippen molar-refractivity contribution >= 4 is 54.9 Å². The third-order valence-electron chi connectivity index (χ3n) is 6.08. The van der Waals surface area contributed by atoms with Crippen molar-refractivity contribution < 1.29 is 27.5 Å². The number of nitrogens with zero attached hydrogens (tertiary/aromatic N) is 4. The monoisotopic (exact) mass is 556 g/mol. The highest BCUT2D eigenvalue weighted by atomic mass is 32.2. The number of benzene rings is 2. The maximum absolute atomic E-state index is 12.7. The molecule has 1 fully saturated rings. The normalized spacial score (nSPS) is 14.5. The van der Waals surface area contributed by atoms with Crippen LogP contribution in [-0.4, -0.2) is 80.5 Å². The molecule has 4 rings (SSSR count). The maximum atomic E-state index is 12.7. The predicted molar refractivity (Wildman–Crippen MR) is 146 cm³/mol. The molecular formula is C26H28N4O6S2. The summed E-state index contributed by atoms with van der Waals surface area (Å²) in [6.07, 6.45) is 1.62. The van der Waals surface area contributed by atoms with E-state index in [1.165, 1.54) is 12.0 Å². The molecule has 0 bridgehead atoms. The van der Waals surface area contributed by atoms with Gasteiger partial charge in [0.15, 0.2) is 14.6 Å². The fourth-order valence-corrected chi connectivity index (χ4v) is 6.42. The second-order valence-electron chi connectivity index (χ2n) is 8.70. The molecule has 1 saturated heterocycles. The largest absolute Gasteiger partial charge is 0.465 e. The molecule has 200 valence electrons. The Morgan fingerprint density at radius 2 is 1.76 bits per heavy atom. The summed E-state index contributed by atoms with van der Waals surface area (Å²) in [5.41, 5.74) is 2.10. The van der Waals surface area contributed by atoms with E-state index in [-0.39, 0.29) is 4.80 Å². The van der Waals surface area contributed by atoms with Crippen LogP contribution in [-0.2, 0) is 30.7 Å². The standard InChI is InChI=1S/C26H28N4O6S2/c1-3-11-30-21-10-9-19(25(33)36-2)16-22(21)37-26(30)27-23(31)17-38(34,35)18-24(32)29-14-12-28(13-15-29)20-7-5-4-6-8-20/h3-10,16H,1,11-15,17-18H2,2H3. The number of esters is 1. The van der Waals surface area contributed by atoms with Gasteiger partial charge < -0.3 is 19.1 Å². The second-order valence-corrected chi connectivity index (χ2v) is 11.8. The molecule has 38 heavy (non-hydrogen) atoms. The zero-order chi connectivity index (χ0) is 27.3. The van der Waals surface area contributed by atoms with E-state index >= 15 is 0 Å². The molecule has 0 unspecified atom stereocenters. The Morgan fingerprint density at radius 1 is 1.05 bits per heavy atom. The van der Waals surface area contributed by atoms with Crippen LogP contribution in [0, 0.1) is 0 Å². The van der Waals surface area contributed by atoms with E-state index in [0.717, 1.165) is 17.0 Å². The number of thiazole rings is 1. The molecule has 12 heteroatoms. The van der Waals surface area contributed by atoms with Gasteiger partial charge in [0, 0.05) is 38.4 Å². The van der Waals surface area contributed by atoms with E-state index in [9.17, 15) is 22.8 Å². The number of methoxy groups -OCH3 is 1. The van der Waals surface area contributed by atoms with Gasteiger partial charge in [0.05, 0.1) is 22.9 Å². The molecule has 1 aliphatic heterocycles. The second kappa shape index (κ2) is 11.7. The topological polar surface area (TPSA) is 118 Å². The summed E-state index contributed by atoms with van der Waals surface area (Å²) in [6, 6.07) is 14.7. The van der Waals surface area contributed by atoms with E-state index in [1.54, 1.807) is 28.8 Å². The van der Waals surface area contributed by atoms with Crippen LogP contribution in [0.4, 0.5) is 5.69 Å². The summed E-state index contributed by atoms with van der Waals surface area (Å²) in [6.45, 7) is 6.04. The number of hydrogen-bond donors (Lipinski definition) is 0. The Bertz CT molecular complexity index is 1530. The first-order valence-corrected chi connectivity index (χ1v) is 14.5. The van der Waals surface area contributed by atoms with Gasteiger partial charge in [0.1, 0.15) is 11.5 Å². The van der Waals surface area contributed by atoms with Crippen molar-refractivity contribution in [1.82, 2.24) is 9.47 Å². The molecule has 0 radical (unpaired) electrons. The smallest absolute Gasteiger partial charge is 0.337 e. The Hall–Kier alpha value is -3.77. The Kier molecular flexibility index (Phi) is 8.42. The van der Waals surface area contributed by atoms with Gasteiger partial charge in [-0.2, -0.15) is 4.99 Å². The average Bonchev–Trinajstić information content (AvgIpc) is 3.24. The number of carbonyl (C=O) groups is 3. The summed E-state index contributed by atoms with van der Waals surface area (Å²) >= 11 is 1.14. The molecule has 0 N–H and O–H groups in total. The van der Waals surface area contributed by atoms with Gasteiger partial charge in [0.25, 0.3) is 5.91 Å². The van der Waals surface area contributed by atoms with Gasteiger partial charge in [-0.05, 0) is 30.3 Å². The van der Waals surface area contributed by atoms with E-state index in [4.69, 9.17) is 4.74 Å². The highest BCUT2D eigenvalue weighted by Gasteiger charge is 2.27. The third-order valence-corrected chi connectivity index (χ3v) is 8.49. The number of fused-ring (bicyclic) bond motifs is 1. The first-order valence-electron chi connectivity index (χ1n) is 11.9. The van der Waals surface area contributed by atoms with E-state index in [1.807, 2.05) is 30.3 Å². The summed E-state index contributed by atoms with van der Waals surface area (Å²) in [4.78, 5) is 45.2. The van der Waals surface area contributed by atoms with Gasteiger partial charge in [-0.3, -0.25) is 9.59 Å². The van der Waals surface area contributed by atoms with Crippen molar-refractivity contribution in [1.29, 1.82) is 0 Å². The minimum Gasteiger partial charge on any atom is -0.465 e. The molecule has 0 saturated carbocycles. The number of ether oxygens (including phenoxy) is 1. The molecule has 0 aliphatic carbocycles. The molecule has 2 aromatic carbocycles. The van der Waals surface area contributed by atoms with Crippen molar-refractivity contribution in [2.24, 2.45) is 4.99 Å². The molecule has 0 atom stereocenters. The summed E-state index contributed by atoms with van der Waals surface area (Å²) in [5.74, 6) is -3.52. The lowest BCUT2D eigenvalue weighted by molar-refractivity contribution is -0.128. The van der Waals surface area contributed by atoms with E-state index < -0.39 is 39.1 Å². The quantitative estimate of drug-likeness (QED) is 0.307. The fourth-order valence-electron chi connectivity index (χ4n) is 4.22. The lowest BCUT2D eigenvalue weighted by Gasteiger charge is -2.36. The number of anilines is 1. The minimum absolute atomic E-state index is 0.269. The van der Waals surface area contributed by atoms with E-state index in [0.29, 0.717) is 48.5 Å². The van der Waals surface area contributed by atoms with Gasteiger partial charge >= 0.3 is 5.97 Å². The Labute approximate surface area is 224 Å². The van der Waals surface area contributed by atoms with Crippen LogP contribution in [0.2, 0.25) is 0 Å². The number of rotatable bonds is 8. The average molecular weight is 557 g/mol. The number of aromatic nitrogens is 1. The third kappa shape index (κ3) is 6.37. The molecule has 1 aliphatic rings. The summed E-state index contributed by atoms with van der Waals surface area (Å²) in [5, 5.41) is 0. The highest BCUT2D eigenvalue weighted by molar-refractivity contribution is 7.92. The number of hydrogen-bond acceptors (Lipinski definition) is 8. The van der Waals surface area contributed by atoms with Crippen molar-refractivity contribution in [3.8, 4) is 0 Å². The van der Waals surface area contributed by atoms with Crippen LogP contribution < -0.4 is 9.70 Å². The molecular weight excluding hydrogens is 528 g/mol. The maximum Gasteiger partial charge on any atom is 0.337 e. The zero-order valence-corrected chi connectivity index (χ0v) is 22.5. The number of piperazine rings is 1.